The van der Waals surface area contributed by atoms with Crippen molar-refractivity contribution in [3.63, 3.8) is 0 Å². The molecular weight excluding hydrogens is 396 g/mol. The van der Waals surface area contributed by atoms with Crippen LogP contribution in [0.1, 0.15) is 10.6 Å². The molecule has 3 rings (SSSR count). The second kappa shape index (κ2) is 9.24. The van der Waals surface area contributed by atoms with Gasteiger partial charge in [-0.25, -0.2) is 19.5 Å². The number of anilines is 1. The fourth-order valence-electron chi connectivity index (χ4n) is 2.65. The molecule has 0 fully saturated rings. The zero-order valence-electron chi connectivity index (χ0n) is 16.2. The van der Waals surface area contributed by atoms with Gasteiger partial charge in [-0.05, 0) is 42.8 Å². The molecule has 1 aromatic heterocycles. The van der Waals surface area contributed by atoms with E-state index in [2.05, 4.69) is 9.72 Å². The molecule has 3 aromatic rings. The van der Waals surface area contributed by atoms with Crippen molar-refractivity contribution >= 4 is 39.5 Å². The quantitative estimate of drug-likeness (QED) is 0.432. The van der Waals surface area contributed by atoms with Gasteiger partial charge in [0.15, 0.2) is 6.73 Å². The van der Waals surface area contributed by atoms with Gasteiger partial charge >= 0.3 is 12.2 Å². The lowest BCUT2D eigenvalue weighted by Gasteiger charge is -2.22. The second-order valence-corrected chi connectivity index (χ2v) is 7.05. The number of aryl methyl sites for hydroxylation is 1. The van der Waals surface area contributed by atoms with Crippen LogP contribution in [0.25, 0.3) is 10.2 Å². The van der Waals surface area contributed by atoms with E-state index in [1.807, 2.05) is 31.2 Å². The van der Waals surface area contributed by atoms with Crippen LogP contribution in [0.5, 0.6) is 5.75 Å². The van der Waals surface area contributed by atoms with Gasteiger partial charge in [0.25, 0.3) is 0 Å². The van der Waals surface area contributed by atoms with E-state index in [1.54, 1.807) is 29.5 Å². The van der Waals surface area contributed by atoms with Gasteiger partial charge in [-0.1, -0.05) is 12.1 Å². The number of fused-ring (bicyclic) bond motifs is 1. The van der Waals surface area contributed by atoms with Gasteiger partial charge in [0.1, 0.15) is 17.4 Å². The van der Waals surface area contributed by atoms with E-state index in [0.717, 1.165) is 20.8 Å². The standard InChI is InChI=1S/C20H20N2O6S/c1-13-10-14(27-11-18-21-15-6-4-5-7-17(15)29-18)8-9-16(13)22(19(23)25-2)12-28-20(24)26-3/h4-10H,11-12H2,1-3H3. The van der Waals surface area contributed by atoms with Gasteiger partial charge in [-0.3, -0.25) is 0 Å². The number of rotatable bonds is 6. The molecule has 0 radical (unpaired) electrons. The monoisotopic (exact) mass is 416 g/mol. The van der Waals surface area contributed by atoms with Crippen molar-refractivity contribution in [3.05, 3.63) is 53.0 Å². The van der Waals surface area contributed by atoms with E-state index in [-0.39, 0.29) is 6.73 Å². The topological polar surface area (TPSA) is 87.2 Å². The number of hydrogen-bond acceptors (Lipinski definition) is 8. The third-order valence-electron chi connectivity index (χ3n) is 4.03. The zero-order valence-corrected chi connectivity index (χ0v) is 17.0. The molecule has 0 N–H and O–H groups in total. The molecule has 1 heterocycles. The highest BCUT2D eigenvalue weighted by atomic mass is 32.1. The van der Waals surface area contributed by atoms with Gasteiger partial charge < -0.3 is 18.9 Å². The Bertz CT molecular complexity index is 986. The van der Waals surface area contributed by atoms with E-state index in [1.165, 1.54) is 19.1 Å². The molecule has 0 saturated heterocycles. The summed E-state index contributed by atoms with van der Waals surface area (Å²) in [5, 5.41) is 0.871. The van der Waals surface area contributed by atoms with E-state index >= 15 is 0 Å². The number of nitrogens with zero attached hydrogens (tertiary/aromatic N) is 2. The minimum atomic E-state index is -0.896. The number of ether oxygens (including phenoxy) is 4. The Hall–Kier alpha value is -3.33. The molecule has 0 saturated carbocycles. The molecule has 152 valence electrons. The number of carbonyl (C=O) groups excluding carboxylic acids is 2. The maximum Gasteiger partial charge on any atom is 0.509 e. The Labute approximate surface area is 171 Å². The largest absolute Gasteiger partial charge is 0.509 e. The average Bonchev–Trinajstić information content (AvgIpc) is 3.16. The maximum absolute atomic E-state index is 12.1. The molecule has 0 aliphatic carbocycles. The Morgan fingerprint density at radius 3 is 2.59 bits per heavy atom. The predicted octanol–water partition coefficient (Wildman–Crippen LogP) is 4.50. The van der Waals surface area contributed by atoms with Gasteiger partial charge in [0.2, 0.25) is 0 Å². The lowest BCUT2D eigenvalue weighted by molar-refractivity contribution is 0.0717. The van der Waals surface area contributed by atoms with Crippen LogP contribution in [0.4, 0.5) is 15.3 Å². The maximum atomic E-state index is 12.1. The molecule has 0 unspecified atom stereocenters. The number of carbonyl (C=O) groups is 2. The van der Waals surface area contributed by atoms with Crippen LogP contribution in [0, 0.1) is 6.92 Å². The molecule has 2 aromatic carbocycles. The van der Waals surface area contributed by atoms with E-state index in [0.29, 0.717) is 18.0 Å². The zero-order chi connectivity index (χ0) is 20.8. The highest BCUT2D eigenvalue weighted by Crippen LogP contribution is 2.27. The first-order valence-electron chi connectivity index (χ1n) is 8.66. The summed E-state index contributed by atoms with van der Waals surface area (Å²) in [6.45, 7) is 1.81. The predicted molar refractivity (Wildman–Crippen MR) is 108 cm³/mol. The van der Waals surface area contributed by atoms with Crippen LogP contribution < -0.4 is 9.64 Å². The minimum Gasteiger partial charge on any atom is -0.486 e. The molecule has 0 spiro atoms. The Morgan fingerprint density at radius 2 is 1.90 bits per heavy atom. The van der Waals surface area contributed by atoms with Crippen molar-refractivity contribution in [2.45, 2.75) is 13.5 Å². The van der Waals surface area contributed by atoms with Crippen molar-refractivity contribution in [3.8, 4) is 5.75 Å². The van der Waals surface area contributed by atoms with E-state index in [9.17, 15) is 9.59 Å². The molecule has 29 heavy (non-hydrogen) atoms. The highest BCUT2D eigenvalue weighted by Gasteiger charge is 2.20. The fourth-order valence-corrected chi connectivity index (χ4v) is 3.53. The number of thiazole rings is 1. The molecule has 8 nitrogen and oxygen atoms in total. The Morgan fingerprint density at radius 1 is 1.10 bits per heavy atom. The smallest absolute Gasteiger partial charge is 0.486 e. The van der Waals surface area contributed by atoms with Gasteiger partial charge in [-0.2, -0.15) is 0 Å². The third kappa shape index (κ3) is 4.94. The summed E-state index contributed by atoms with van der Waals surface area (Å²) in [6.07, 6.45) is -1.56. The van der Waals surface area contributed by atoms with Crippen molar-refractivity contribution in [2.75, 3.05) is 25.9 Å². The summed E-state index contributed by atoms with van der Waals surface area (Å²) in [7, 11) is 2.44. The van der Waals surface area contributed by atoms with Crippen LogP contribution in [-0.4, -0.2) is 38.2 Å². The SMILES string of the molecule is COC(=O)OCN(C(=O)OC)c1ccc(OCc2nc3ccccc3s2)cc1C. The first-order chi connectivity index (χ1) is 14.0. The van der Waals surface area contributed by atoms with Crippen LogP contribution in [0.15, 0.2) is 42.5 Å². The Kier molecular flexibility index (Phi) is 6.50. The lowest BCUT2D eigenvalue weighted by Crippen LogP contribution is -2.34. The number of methoxy groups -OCH3 is 2. The molecule has 0 atom stereocenters. The molecule has 1 amide bonds. The van der Waals surface area contributed by atoms with Crippen LogP contribution in [0.3, 0.4) is 0 Å². The summed E-state index contributed by atoms with van der Waals surface area (Å²) in [6, 6.07) is 13.1. The molecular formula is C20H20N2O6S. The van der Waals surface area contributed by atoms with Gasteiger partial charge in [-0.15, -0.1) is 11.3 Å². The fraction of sp³-hybridized carbons (Fsp3) is 0.250. The lowest BCUT2D eigenvalue weighted by atomic mass is 10.2. The summed E-state index contributed by atoms with van der Waals surface area (Å²) < 4.78 is 21.0. The first-order valence-corrected chi connectivity index (χ1v) is 9.47. The summed E-state index contributed by atoms with van der Waals surface area (Å²) in [4.78, 5) is 29.0. The summed E-state index contributed by atoms with van der Waals surface area (Å²) in [5.74, 6) is 0.629. The van der Waals surface area contributed by atoms with E-state index in [4.69, 9.17) is 14.2 Å². The number of benzene rings is 2. The highest BCUT2D eigenvalue weighted by molar-refractivity contribution is 7.18. The number of amides is 1. The minimum absolute atomic E-state index is 0.338. The van der Waals surface area contributed by atoms with Gasteiger partial charge in [0.05, 0.1) is 30.1 Å². The molecule has 0 aliphatic heterocycles. The van der Waals surface area contributed by atoms with Crippen molar-refractivity contribution < 1.29 is 28.5 Å². The van der Waals surface area contributed by atoms with Crippen molar-refractivity contribution in [1.82, 2.24) is 4.98 Å². The van der Waals surface area contributed by atoms with E-state index < -0.39 is 12.2 Å². The van der Waals surface area contributed by atoms with Crippen molar-refractivity contribution in [1.29, 1.82) is 0 Å². The van der Waals surface area contributed by atoms with Crippen LogP contribution >= 0.6 is 11.3 Å². The van der Waals surface area contributed by atoms with Crippen LogP contribution in [-0.2, 0) is 20.8 Å². The third-order valence-corrected chi connectivity index (χ3v) is 5.04. The van der Waals surface area contributed by atoms with Gasteiger partial charge in [0, 0.05) is 0 Å². The number of hydrogen-bond donors (Lipinski definition) is 0. The molecule has 0 aliphatic rings. The van der Waals surface area contributed by atoms with Crippen molar-refractivity contribution in [2.24, 2.45) is 0 Å². The molecule has 9 heteroatoms. The first kappa shape index (κ1) is 20.4. The average molecular weight is 416 g/mol. The number of aromatic nitrogens is 1. The number of para-hydroxylation sites is 1. The summed E-state index contributed by atoms with van der Waals surface area (Å²) >= 11 is 1.58. The second-order valence-electron chi connectivity index (χ2n) is 5.94. The normalized spacial score (nSPS) is 10.4. The molecule has 0 bridgehead atoms. The summed E-state index contributed by atoms with van der Waals surface area (Å²) in [5.41, 5.74) is 2.21. The van der Waals surface area contributed by atoms with Crippen LogP contribution in [0.2, 0.25) is 0 Å². The Balaban J connectivity index is 1.71.